The second kappa shape index (κ2) is 10.4. The van der Waals surface area contributed by atoms with E-state index < -0.39 is 11.9 Å². The predicted molar refractivity (Wildman–Crippen MR) is 137 cm³/mol. The van der Waals surface area contributed by atoms with Gasteiger partial charge in [-0.2, -0.15) is 5.26 Å². The van der Waals surface area contributed by atoms with Gasteiger partial charge in [-0.25, -0.2) is 9.59 Å². The number of aromatic nitrogens is 1. The highest BCUT2D eigenvalue weighted by Crippen LogP contribution is 2.46. The van der Waals surface area contributed by atoms with Crippen LogP contribution in [0, 0.1) is 18.3 Å². The van der Waals surface area contributed by atoms with Crippen LogP contribution < -0.4 is 4.74 Å². The molecule has 0 radical (unpaired) electrons. The van der Waals surface area contributed by atoms with Crippen LogP contribution in [0.3, 0.4) is 0 Å². The number of hydrogen-bond donors (Lipinski definition) is 0. The number of rotatable bonds is 7. The summed E-state index contributed by atoms with van der Waals surface area (Å²) >= 11 is 0. The Morgan fingerprint density at radius 2 is 1.61 bits per heavy atom. The van der Waals surface area contributed by atoms with Crippen LogP contribution in [0.4, 0.5) is 0 Å². The normalized spacial score (nSPS) is 11.4. The first-order valence-corrected chi connectivity index (χ1v) is 11.6. The van der Waals surface area contributed by atoms with E-state index in [1.165, 1.54) is 0 Å². The highest BCUT2D eigenvalue weighted by Gasteiger charge is 2.31. The van der Waals surface area contributed by atoms with Gasteiger partial charge in [-0.1, -0.05) is 30.3 Å². The third-order valence-corrected chi connectivity index (χ3v) is 5.98. The van der Waals surface area contributed by atoms with Crippen molar-refractivity contribution in [3.63, 3.8) is 0 Å². The van der Waals surface area contributed by atoms with Gasteiger partial charge in [0.05, 0.1) is 37.2 Å². The van der Waals surface area contributed by atoms with E-state index in [4.69, 9.17) is 14.2 Å². The molecule has 0 amide bonds. The van der Waals surface area contributed by atoms with Gasteiger partial charge in [0, 0.05) is 33.8 Å². The summed E-state index contributed by atoms with van der Waals surface area (Å²) in [6.45, 7) is 5.58. The topological polar surface area (TPSA) is 90.6 Å². The van der Waals surface area contributed by atoms with E-state index in [9.17, 15) is 14.9 Å². The van der Waals surface area contributed by atoms with Crippen LogP contribution in [-0.2, 0) is 19.1 Å². The number of esters is 2. The minimum Gasteiger partial charge on any atom is -0.497 e. The average molecular weight is 483 g/mol. The van der Waals surface area contributed by atoms with Gasteiger partial charge in [-0.3, -0.25) is 0 Å². The Labute approximate surface area is 209 Å². The van der Waals surface area contributed by atoms with Crippen LogP contribution >= 0.6 is 0 Å². The molecule has 7 nitrogen and oxygen atoms in total. The molecule has 0 saturated carbocycles. The molecule has 0 atom stereocenters. The van der Waals surface area contributed by atoms with Crippen LogP contribution in [0.15, 0.2) is 60.7 Å². The largest absolute Gasteiger partial charge is 0.497 e. The molecular formula is C29H26N2O5. The van der Waals surface area contributed by atoms with Crippen molar-refractivity contribution in [2.75, 3.05) is 20.3 Å². The quantitative estimate of drug-likeness (QED) is 0.258. The maximum atomic E-state index is 13.3. The third-order valence-electron chi connectivity index (χ3n) is 5.98. The summed E-state index contributed by atoms with van der Waals surface area (Å²) in [7, 11) is 1.59. The minimum atomic E-state index is -0.681. The van der Waals surface area contributed by atoms with Gasteiger partial charge in [0.1, 0.15) is 11.8 Å². The molecule has 2 aliphatic carbocycles. The number of nitrogens with zero attached hydrogens (tertiary/aromatic N) is 2. The number of ether oxygens (including phenoxy) is 3. The molecule has 0 unspecified atom stereocenters. The molecule has 4 rings (SSSR count). The van der Waals surface area contributed by atoms with Gasteiger partial charge in [-0.15, -0.1) is 0 Å². The fraction of sp³-hybridized carbons (Fsp3) is 0.207. The number of methoxy groups -OCH3 is 1. The van der Waals surface area contributed by atoms with Crippen molar-refractivity contribution >= 4 is 28.3 Å². The zero-order valence-corrected chi connectivity index (χ0v) is 20.6. The summed E-state index contributed by atoms with van der Waals surface area (Å²) in [5.74, 6) is -0.679. The lowest BCUT2D eigenvalue weighted by Gasteiger charge is -2.15. The van der Waals surface area contributed by atoms with Gasteiger partial charge in [-0.05, 0) is 50.6 Å². The zero-order chi connectivity index (χ0) is 25.8. The minimum absolute atomic E-state index is 0.0143. The second-order valence-corrected chi connectivity index (χ2v) is 7.97. The first-order chi connectivity index (χ1) is 17.5. The van der Waals surface area contributed by atoms with Crippen LogP contribution in [0.1, 0.15) is 30.8 Å². The predicted octanol–water partition coefficient (Wildman–Crippen LogP) is 5.43. The summed E-state index contributed by atoms with van der Waals surface area (Å²) in [6.07, 6.45) is 1.15. The van der Waals surface area contributed by atoms with Crippen molar-refractivity contribution in [1.29, 1.82) is 5.26 Å². The number of benzene rings is 1. The Morgan fingerprint density at radius 3 is 2.22 bits per heavy atom. The lowest BCUT2D eigenvalue weighted by Crippen LogP contribution is -2.14. The molecule has 2 aromatic rings. The van der Waals surface area contributed by atoms with Crippen molar-refractivity contribution in [3.8, 4) is 28.6 Å². The van der Waals surface area contributed by atoms with Gasteiger partial charge in [0.15, 0.2) is 0 Å². The Bertz CT molecular complexity index is 1490. The van der Waals surface area contributed by atoms with Crippen molar-refractivity contribution in [3.05, 3.63) is 77.6 Å². The van der Waals surface area contributed by atoms with Crippen LogP contribution in [-0.4, -0.2) is 36.8 Å². The van der Waals surface area contributed by atoms with Crippen LogP contribution in [0.2, 0.25) is 0 Å². The zero-order valence-electron chi connectivity index (χ0n) is 20.6. The van der Waals surface area contributed by atoms with Crippen molar-refractivity contribution in [2.24, 2.45) is 0 Å². The molecule has 0 aliphatic heterocycles. The van der Waals surface area contributed by atoms with Crippen molar-refractivity contribution in [2.45, 2.75) is 20.8 Å². The van der Waals surface area contributed by atoms with E-state index in [1.807, 2.05) is 66.1 Å². The maximum Gasteiger partial charge on any atom is 0.340 e. The third kappa shape index (κ3) is 4.18. The molecule has 0 bridgehead atoms. The molecule has 1 aromatic carbocycles. The standard InChI is InChI=1S/C29H26N2O5/c1-5-35-25(32)16-23(29(33)36-6-2)28-27-24(17-30)21-10-8-7-9-11-22(21)26(27)18(3)31(28)19-12-14-20(34-4)15-13-19/h7-16H,5-6H2,1-4H3/b23-16-. The molecular weight excluding hydrogens is 456 g/mol. The van der Waals surface area contributed by atoms with Crippen LogP contribution in [0.25, 0.3) is 33.2 Å². The smallest absolute Gasteiger partial charge is 0.340 e. The molecule has 2 aliphatic rings. The lowest BCUT2D eigenvalue weighted by atomic mass is 10.1. The molecule has 0 saturated heterocycles. The first kappa shape index (κ1) is 24.6. The van der Waals surface area contributed by atoms with Gasteiger partial charge in [0.25, 0.3) is 0 Å². The highest BCUT2D eigenvalue weighted by atomic mass is 16.5. The summed E-state index contributed by atoms with van der Waals surface area (Å²) in [5.41, 5.74) is 4.00. The summed E-state index contributed by atoms with van der Waals surface area (Å²) in [5, 5.41) is 11.7. The van der Waals surface area contributed by atoms with E-state index in [0.29, 0.717) is 22.4 Å². The Kier molecular flexibility index (Phi) is 7.07. The number of hydrogen-bond acceptors (Lipinski definition) is 6. The number of carbonyl (C=O) groups excluding carboxylic acids is 2. The fourth-order valence-electron chi connectivity index (χ4n) is 4.54. The molecule has 0 N–H and O–H groups in total. The van der Waals surface area contributed by atoms with E-state index in [2.05, 4.69) is 6.07 Å². The number of nitriles is 1. The summed E-state index contributed by atoms with van der Waals surface area (Å²) in [6, 6.07) is 19.2. The molecule has 0 spiro atoms. The monoisotopic (exact) mass is 482 g/mol. The molecule has 182 valence electrons. The number of aryl methyl sites for hydroxylation is 1. The first-order valence-electron chi connectivity index (χ1n) is 11.6. The maximum absolute atomic E-state index is 13.3. The average Bonchev–Trinajstić information content (AvgIpc) is 3.21. The second-order valence-electron chi connectivity index (χ2n) is 7.97. The van der Waals surface area contributed by atoms with Crippen molar-refractivity contribution in [1.82, 2.24) is 4.57 Å². The Morgan fingerprint density at radius 1 is 0.944 bits per heavy atom. The van der Waals surface area contributed by atoms with Gasteiger partial charge in [0.2, 0.25) is 0 Å². The van der Waals surface area contributed by atoms with Gasteiger partial charge >= 0.3 is 11.9 Å². The summed E-state index contributed by atoms with van der Waals surface area (Å²) < 4.78 is 17.7. The Balaban J connectivity index is 2.20. The summed E-state index contributed by atoms with van der Waals surface area (Å²) in [4.78, 5) is 25.9. The molecule has 7 heteroatoms. The van der Waals surface area contributed by atoms with Gasteiger partial charge < -0.3 is 18.8 Å². The van der Waals surface area contributed by atoms with E-state index >= 15 is 0 Å². The number of carbonyl (C=O) groups is 2. The Hall–Kier alpha value is -4.57. The van der Waals surface area contributed by atoms with E-state index in [1.54, 1.807) is 21.0 Å². The molecule has 0 fully saturated rings. The fourth-order valence-corrected chi connectivity index (χ4v) is 4.54. The molecule has 36 heavy (non-hydrogen) atoms. The van der Waals surface area contributed by atoms with Crippen molar-refractivity contribution < 1.29 is 23.8 Å². The molecule has 1 heterocycles. The molecule has 1 aromatic heterocycles. The van der Waals surface area contributed by atoms with Crippen LogP contribution in [0.5, 0.6) is 5.75 Å². The highest BCUT2D eigenvalue weighted by molar-refractivity contribution is 6.26. The number of fused-ring (bicyclic) bond motifs is 3. The van der Waals surface area contributed by atoms with E-state index in [-0.39, 0.29) is 18.8 Å². The lowest BCUT2D eigenvalue weighted by molar-refractivity contribution is -0.139. The van der Waals surface area contributed by atoms with E-state index in [0.717, 1.165) is 34.0 Å². The SMILES string of the molecule is CCOC(=O)/C=C(\C(=O)OCC)c1c2c(C#N)c3cccccc-3c2c(C)n1-c1ccc(OC)cc1.